The molecule has 0 bridgehead atoms. The molecule has 0 saturated heterocycles. The molecule has 0 aromatic carbocycles. The number of carbonyl (C=O) groups excluding carboxylic acids is 1. The maximum absolute atomic E-state index is 12.8. The molecule has 0 spiro atoms. The van der Waals surface area contributed by atoms with E-state index in [0.29, 0.717) is 30.0 Å². The van der Waals surface area contributed by atoms with Crippen molar-refractivity contribution in [3.63, 3.8) is 0 Å². The van der Waals surface area contributed by atoms with E-state index in [1.54, 1.807) is 5.57 Å². The molecule has 3 saturated carbocycles. The first-order valence-electron chi connectivity index (χ1n) is 13.5. The molecule has 0 aromatic rings. The van der Waals surface area contributed by atoms with Crippen molar-refractivity contribution in [3.8, 4) is 0 Å². The van der Waals surface area contributed by atoms with E-state index in [1.807, 2.05) is 19.9 Å². The van der Waals surface area contributed by atoms with E-state index in [1.165, 1.54) is 19.3 Å². The van der Waals surface area contributed by atoms with E-state index in [9.17, 15) is 15.0 Å². The fourth-order valence-corrected chi connectivity index (χ4v) is 9.44. The van der Waals surface area contributed by atoms with E-state index in [2.05, 4.69) is 40.7 Å². The van der Waals surface area contributed by atoms with Crippen LogP contribution in [-0.2, 0) is 4.79 Å². The Bertz CT molecular complexity index is 849. The molecule has 0 amide bonds. The lowest BCUT2D eigenvalue weighted by molar-refractivity contribution is -0.146. The molecule has 8 unspecified atom stereocenters. The van der Waals surface area contributed by atoms with Crippen molar-refractivity contribution in [1.82, 2.24) is 0 Å². The number of carbonyl (C=O) groups is 1. The third kappa shape index (κ3) is 3.63. The van der Waals surface area contributed by atoms with Gasteiger partial charge in [-0.3, -0.25) is 4.79 Å². The molecule has 3 heteroatoms. The Morgan fingerprint density at radius 3 is 2.45 bits per heavy atom. The molecular weight excluding hydrogens is 408 g/mol. The predicted molar refractivity (Wildman–Crippen MR) is 135 cm³/mol. The van der Waals surface area contributed by atoms with Crippen LogP contribution in [-0.4, -0.2) is 28.7 Å². The van der Waals surface area contributed by atoms with Gasteiger partial charge in [0.1, 0.15) is 5.78 Å². The van der Waals surface area contributed by atoms with Gasteiger partial charge in [0.25, 0.3) is 0 Å². The summed E-state index contributed by atoms with van der Waals surface area (Å²) in [5.41, 5.74) is 3.08. The Labute approximate surface area is 202 Å². The molecule has 186 valence electrons. The standard InChI is InChI=1S/C30H48O3/c1-19(2)16-21(32)17-20(18-31)22-10-14-30(7)24-8-9-25-27(3,4)26(33)12-13-28(25,5)23(24)11-15-29(22,30)6/h8,16,20-23,25,31-32H,9-15,17-18H2,1-7H3. The molecule has 3 fully saturated rings. The summed E-state index contributed by atoms with van der Waals surface area (Å²) in [6.07, 6.45) is 12.1. The van der Waals surface area contributed by atoms with Gasteiger partial charge in [0.2, 0.25) is 0 Å². The van der Waals surface area contributed by atoms with Crippen LogP contribution in [0.15, 0.2) is 23.3 Å². The molecule has 2 N–H and O–H groups in total. The fourth-order valence-electron chi connectivity index (χ4n) is 9.44. The zero-order chi connectivity index (χ0) is 24.4. The highest BCUT2D eigenvalue weighted by Crippen LogP contribution is 2.73. The molecule has 0 aromatic heterocycles. The smallest absolute Gasteiger partial charge is 0.138 e. The van der Waals surface area contributed by atoms with Crippen LogP contribution in [0.1, 0.15) is 99.8 Å². The quantitative estimate of drug-likeness (QED) is 0.465. The van der Waals surface area contributed by atoms with Gasteiger partial charge in [-0.15, -0.1) is 0 Å². The first kappa shape index (κ1) is 25.2. The molecule has 0 radical (unpaired) electrons. The highest BCUT2D eigenvalue weighted by molar-refractivity contribution is 5.85. The van der Waals surface area contributed by atoms with Crippen molar-refractivity contribution in [2.24, 2.45) is 45.3 Å². The number of aliphatic hydroxyl groups excluding tert-OH is 2. The van der Waals surface area contributed by atoms with Gasteiger partial charge in [-0.1, -0.05) is 57.9 Å². The number of hydrogen-bond acceptors (Lipinski definition) is 3. The van der Waals surface area contributed by atoms with Crippen molar-refractivity contribution in [1.29, 1.82) is 0 Å². The normalized spacial score (nSPS) is 43.6. The Balaban J connectivity index is 1.65. The Hall–Kier alpha value is -0.930. The summed E-state index contributed by atoms with van der Waals surface area (Å²) >= 11 is 0. The molecule has 3 nitrogen and oxygen atoms in total. The maximum atomic E-state index is 12.8. The van der Waals surface area contributed by atoms with Gasteiger partial charge in [-0.05, 0) is 98.7 Å². The Kier molecular flexibility index (Phi) is 6.35. The topological polar surface area (TPSA) is 57.5 Å². The van der Waals surface area contributed by atoms with E-state index in [0.717, 1.165) is 31.3 Å². The van der Waals surface area contributed by atoms with Crippen LogP contribution in [0, 0.1) is 45.3 Å². The monoisotopic (exact) mass is 456 g/mol. The fraction of sp³-hybridized carbons (Fsp3) is 0.833. The average Bonchev–Trinajstić information content (AvgIpc) is 3.00. The average molecular weight is 457 g/mol. The second-order valence-corrected chi connectivity index (χ2v) is 13.6. The summed E-state index contributed by atoms with van der Waals surface area (Å²) in [6, 6.07) is 0. The van der Waals surface area contributed by atoms with Gasteiger partial charge >= 0.3 is 0 Å². The summed E-state index contributed by atoms with van der Waals surface area (Å²) in [4.78, 5) is 12.8. The van der Waals surface area contributed by atoms with Crippen LogP contribution in [0.5, 0.6) is 0 Å². The number of Topliss-reactive ketones (excluding diaryl/α,β-unsaturated/α-hetero) is 1. The highest BCUT2D eigenvalue weighted by atomic mass is 16.3. The van der Waals surface area contributed by atoms with E-state index in [-0.39, 0.29) is 34.2 Å². The SMILES string of the molecule is CC(C)=CC(O)CC(CO)C1CCC2(C)C3=CCC4C(C)(C)C(=O)CCC4(C)C3CCC12C. The lowest BCUT2D eigenvalue weighted by Crippen LogP contribution is -2.57. The minimum Gasteiger partial charge on any atom is -0.396 e. The molecule has 0 heterocycles. The van der Waals surface area contributed by atoms with Crippen molar-refractivity contribution < 1.29 is 15.0 Å². The molecule has 4 aliphatic rings. The van der Waals surface area contributed by atoms with Gasteiger partial charge in [0, 0.05) is 18.4 Å². The molecule has 4 rings (SSSR count). The summed E-state index contributed by atoms with van der Waals surface area (Å²) in [5.74, 6) is 2.04. The van der Waals surface area contributed by atoms with Crippen LogP contribution in [0.4, 0.5) is 0 Å². The second-order valence-electron chi connectivity index (χ2n) is 13.6. The first-order chi connectivity index (χ1) is 15.3. The predicted octanol–water partition coefficient (Wildman–Crippen LogP) is 6.49. The molecule has 8 atom stereocenters. The largest absolute Gasteiger partial charge is 0.396 e. The lowest BCUT2D eigenvalue weighted by Gasteiger charge is -2.63. The first-order valence-corrected chi connectivity index (χ1v) is 13.5. The summed E-state index contributed by atoms with van der Waals surface area (Å²) in [6.45, 7) is 16.1. The van der Waals surface area contributed by atoms with Crippen molar-refractivity contribution >= 4 is 5.78 Å². The van der Waals surface area contributed by atoms with Crippen LogP contribution >= 0.6 is 0 Å². The van der Waals surface area contributed by atoms with Gasteiger partial charge in [0.05, 0.1) is 6.10 Å². The van der Waals surface area contributed by atoms with Crippen LogP contribution in [0.25, 0.3) is 0 Å². The number of allylic oxidation sites excluding steroid dienone is 3. The van der Waals surface area contributed by atoms with Crippen LogP contribution in [0.2, 0.25) is 0 Å². The minimum atomic E-state index is -0.477. The molecular formula is C30H48O3. The molecule has 0 aliphatic heterocycles. The number of aliphatic hydroxyl groups is 2. The third-order valence-electron chi connectivity index (χ3n) is 11.5. The second kappa shape index (κ2) is 8.33. The third-order valence-corrected chi connectivity index (χ3v) is 11.5. The number of hydrogen-bond donors (Lipinski definition) is 2. The Morgan fingerprint density at radius 1 is 1.12 bits per heavy atom. The summed E-state index contributed by atoms with van der Waals surface area (Å²) in [5, 5.41) is 21.0. The minimum absolute atomic E-state index is 0.137. The molecule has 4 aliphatic carbocycles. The van der Waals surface area contributed by atoms with Crippen molar-refractivity contribution in [2.75, 3.05) is 6.61 Å². The molecule has 33 heavy (non-hydrogen) atoms. The summed E-state index contributed by atoms with van der Waals surface area (Å²) in [7, 11) is 0. The van der Waals surface area contributed by atoms with Crippen molar-refractivity contribution in [3.05, 3.63) is 23.3 Å². The van der Waals surface area contributed by atoms with Gasteiger partial charge in [-0.25, -0.2) is 0 Å². The summed E-state index contributed by atoms with van der Waals surface area (Å²) < 4.78 is 0. The Morgan fingerprint density at radius 2 is 1.82 bits per heavy atom. The number of ketones is 1. The van der Waals surface area contributed by atoms with Crippen LogP contribution in [0.3, 0.4) is 0 Å². The van der Waals surface area contributed by atoms with Crippen LogP contribution < -0.4 is 0 Å². The zero-order valence-electron chi connectivity index (χ0n) is 22.2. The highest BCUT2D eigenvalue weighted by Gasteiger charge is 2.65. The maximum Gasteiger partial charge on any atom is 0.138 e. The van der Waals surface area contributed by atoms with Crippen molar-refractivity contribution in [2.45, 2.75) is 106 Å². The van der Waals surface area contributed by atoms with Gasteiger partial charge in [0.15, 0.2) is 0 Å². The number of fused-ring (bicyclic) bond motifs is 5. The van der Waals surface area contributed by atoms with Gasteiger partial charge < -0.3 is 10.2 Å². The van der Waals surface area contributed by atoms with Gasteiger partial charge in [-0.2, -0.15) is 0 Å². The van der Waals surface area contributed by atoms with E-state index < -0.39 is 6.10 Å². The van der Waals surface area contributed by atoms with E-state index >= 15 is 0 Å². The zero-order valence-corrected chi connectivity index (χ0v) is 22.2. The van der Waals surface area contributed by atoms with E-state index in [4.69, 9.17) is 0 Å². The lowest BCUT2D eigenvalue weighted by atomic mass is 9.41. The number of rotatable bonds is 5.